The van der Waals surface area contributed by atoms with Gasteiger partial charge >= 0.3 is 0 Å². The molecule has 19 heavy (non-hydrogen) atoms. The number of rotatable bonds is 3. The lowest BCUT2D eigenvalue weighted by molar-refractivity contribution is 0.0938. The summed E-state index contributed by atoms with van der Waals surface area (Å²) in [6, 6.07) is 7.27. The van der Waals surface area contributed by atoms with E-state index in [1.54, 1.807) is 26.0 Å². The summed E-state index contributed by atoms with van der Waals surface area (Å²) in [6.45, 7) is 5.39. The minimum atomic E-state index is -0.182. The molecule has 1 heterocycles. The number of nitrogens with zero attached hydrogens (tertiary/aromatic N) is 1. The molecule has 1 unspecified atom stereocenters. The van der Waals surface area contributed by atoms with E-state index in [1.165, 1.54) is 0 Å². The Bertz CT molecular complexity index is 570. The van der Waals surface area contributed by atoms with E-state index in [9.17, 15) is 4.79 Å². The molecule has 0 radical (unpaired) electrons. The van der Waals surface area contributed by atoms with Crippen molar-refractivity contribution in [3.8, 4) is 0 Å². The lowest BCUT2D eigenvalue weighted by Crippen LogP contribution is -2.27. The number of hydrogen-bond acceptors (Lipinski definition) is 3. The van der Waals surface area contributed by atoms with E-state index in [2.05, 4.69) is 10.5 Å². The lowest BCUT2D eigenvalue weighted by atomic mass is 10.1. The number of halogens is 1. The first-order chi connectivity index (χ1) is 8.99. The second-order valence-corrected chi connectivity index (χ2v) is 4.88. The number of nitrogens with one attached hydrogen (secondary N) is 1. The molecule has 4 nitrogen and oxygen atoms in total. The zero-order valence-corrected chi connectivity index (χ0v) is 11.8. The number of hydrogen-bond donors (Lipinski definition) is 1. The predicted octanol–water partition coefficient (Wildman–Crippen LogP) is 3.44. The van der Waals surface area contributed by atoms with Crippen molar-refractivity contribution < 1.29 is 9.32 Å². The van der Waals surface area contributed by atoms with E-state index in [4.69, 9.17) is 16.1 Å². The Labute approximate surface area is 116 Å². The summed E-state index contributed by atoms with van der Waals surface area (Å²) >= 11 is 5.84. The van der Waals surface area contributed by atoms with Gasteiger partial charge in [-0.1, -0.05) is 28.9 Å². The van der Waals surface area contributed by atoms with Crippen LogP contribution in [0.5, 0.6) is 0 Å². The highest BCUT2D eigenvalue weighted by Crippen LogP contribution is 2.18. The largest absolute Gasteiger partial charge is 0.361 e. The number of benzene rings is 1. The molecule has 0 saturated carbocycles. The van der Waals surface area contributed by atoms with Crippen molar-refractivity contribution in [1.82, 2.24) is 10.5 Å². The molecule has 1 N–H and O–H groups in total. The van der Waals surface area contributed by atoms with Gasteiger partial charge in [-0.25, -0.2) is 0 Å². The molecule has 0 spiro atoms. The SMILES string of the molecule is Cc1noc(C)c1C(=O)NC(C)c1ccc(Cl)cc1. The molecule has 5 heteroatoms. The third kappa shape index (κ3) is 2.96. The van der Waals surface area contributed by atoms with Gasteiger partial charge in [0.05, 0.1) is 11.7 Å². The molecule has 1 aromatic carbocycles. The van der Waals surface area contributed by atoms with Crippen LogP contribution in [0.25, 0.3) is 0 Å². The van der Waals surface area contributed by atoms with Gasteiger partial charge in [0.2, 0.25) is 0 Å². The number of amides is 1. The Morgan fingerprint density at radius 2 is 1.95 bits per heavy atom. The van der Waals surface area contributed by atoms with Crippen LogP contribution < -0.4 is 5.32 Å². The van der Waals surface area contributed by atoms with E-state index in [0.29, 0.717) is 22.0 Å². The minimum Gasteiger partial charge on any atom is -0.361 e. The van der Waals surface area contributed by atoms with E-state index in [1.807, 2.05) is 19.1 Å². The molecule has 0 bridgehead atoms. The first kappa shape index (κ1) is 13.6. The number of aryl methyl sites for hydroxylation is 2. The Hall–Kier alpha value is -1.81. The summed E-state index contributed by atoms with van der Waals surface area (Å²) in [5.41, 5.74) is 2.09. The summed E-state index contributed by atoms with van der Waals surface area (Å²) in [7, 11) is 0. The van der Waals surface area contributed by atoms with Crippen molar-refractivity contribution in [2.75, 3.05) is 0 Å². The van der Waals surface area contributed by atoms with Gasteiger partial charge in [-0.2, -0.15) is 0 Å². The summed E-state index contributed by atoms with van der Waals surface area (Å²) in [5, 5.41) is 7.37. The van der Waals surface area contributed by atoms with Crippen LogP contribution in [-0.4, -0.2) is 11.1 Å². The molecule has 0 saturated heterocycles. The maximum absolute atomic E-state index is 12.2. The maximum atomic E-state index is 12.2. The number of carbonyl (C=O) groups is 1. The first-order valence-corrected chi connectivity index (χ1v) is 6.36. The highest BCUT2D eigenvalue weighted by atomic mass is 35.5. The van der Waals surface area contributed by atoms with Crippen LogP contribution in [0.4, 0.5) is 0 Å². The van der Waals surface area contributed by atoms with E-state index < -0.39 is 0 Å². The van der Waals surface area contributed by atoms with E-state index in [0.717, 1.165) is 5.56 Å². The molecule has 1 aromatic heterocycles. The highest BCUT2D eigenvalue weighted by molar-refractivity contribution is 6.30. The summed E-state index contributed by atoms with van der Waals surface area (Å²) in [6.07, 6.45) is 0. The van der Waals surface area contributed by atoms with Crippen molar-refractivity contribution in [3.05, 3.63) is 51.9 Å². The van der Waals surface area contributed by atoms with Crippen LogP contribution in [0.1, 0.15) is 40.3 Å². The molecule has 0 aliphatic carbocycles. The fourth-order valence-electron chi connectivity index (χ4n) is 1.91. The summed E-state index contributed by atoms with van der Waals surface area (Å²) < 4.78 is 4.99. The quantitative estimate of drug-likeness (QED) is 0.936. The highest BCUT2D eigenvalue weighted by Gasteiger charge is 2.19. The van der Waals surface area contributed by atoms with Crippen LogP contribution in [0, 0.1) is 13.8 Å². The number of aromatic nitrogens is 1. The van der Waals surface area contributed by atoms with Gasteiger partial charge in [-0.05, 0) is 38.5 Å². The molecule has 2 rings (SSSR count). The van der Waals surface area contributed by atoms with Gasteiger partial charge in [-0.3, -0.25) is 4.79 Å². The van der Waals surface area contributed by atoms with Crippen LogP contribution in [-0.2, 0) is 0 Å². The van der Waals surface area contributed by atoms with Crippen molar-refractivity contribution in [2.24, 2.45) is 0 Å². The molecule has 2 aromatic rings. The Kier molecular flexibility index (Phi) is 3.90. The monoisotopic (exact) mass is 278 g/mol. The minimum absolute atomic E-state index is 0.113. The van der Waals surface area contributed by atoms with Crippen molar-refractivity contribution >= 4 is 17.5 Å². The normalized spacial score (nSPS) is 12.2. The van der Waals surface area contributed by atoms with Gasteiger partial charge in [0, 0.05) is 5.02 Å². The third-order valence-electron chi connectivity index (χ3n) is 2.98. The van der Waals surface area contributed by atoms with Gasteiger partial charge in [0.1, 0.15) is 11.3 Å². The van der Waals surface area contributed by atoms with Crippen LogP contribution in [0.3, 0.4) is 0 Å². The Morgan fingerprint density at radius 1 is 1.32 bits per heavy atom. The zero-order chi connectivity index (χ0) is 14.0. The summed E-state index contributed by atoms with van der Waals surface area (Å²) in [4.78, 5) is 12.2. The Balaban J connectivity index is 2.13. The van der Waals surface area contributed by atoms with Gasteiger partial charge in [0.25, 0.3) is 5.91 Å². The second kappa shape index (κ2) is 5.45. The molecular weight excluding hydrogens is 264 g/mol. The van der Waals surface area contributed by atoms with Crippen LogP contribution >= 0.6 is 11.6 Å². The third-order valence-corrected chi connectivity index (χ3v) is 3.23. The lowest BCUT2D eigenvalue weighted by Gasteiger charge is -2.14. The maximum Gasteiger partial charge on any atom is 0.257 e. The molecule has 0 aliphatic rings. The van der Waals surface area contributed by atoms with Crippen LogP contribution in [0.15, 0.2) is 28.8 Å². The molecule has 1 amide bonds. The fraction of sp³-hybridized carbons (Fsp3) is 0.286. The van der Waals surface area contributed by atoms with Gasteiger partial charge in [-0.15, -0.1) is 0 Å². The standard InChI is InChI=1S/C14H15ClN2O2/c1-8(11-4-6-12(15)7-5-11)16-14(18)13-9(2)17-19-10(13)3/h4-8H,1-3H3,(H,16,18). The smallest absolute Gasteiger partial charge is 0.257 e. The average Bonchev–Trinajstić information content (AvgIpc) is 2.69. The van der Waals surface area contributed by atoms with Crippen molar-refractivity contribution in [3.63, 3.8) is 0 Å². The topological polar surface area (TPSA) is 55.1 Å². The molecule has 1 atom stereocenters. The molecule has 100 valence electrons. The Morgan fingerprint density at radius 3 is 2.47 bits per heavy atom. The van der Waals surface area contributed by atoms with Gasteiger partial charge in [0.15, 0.2) is 0 Å². The molecular formula is C14H15ClN2O2. The average molecular weight is 279 g/mol. The number of carbonyl (C=O) groups excluding carboxylic acids is 1. The fourth-order valence-corrected chi connectivity index (χ4v) is 2.04. The second-order valence-electron chi connectivity index (χ2n) is 4.45. The first-order valence-electron chi connectivity index (χ1n) is 5.98. The summed E-state index contributed by atoms with van der Waals surface area (Å²) in [5.74, 6) is 0.344. The predicted molar refractivity (Wildman–Crippen MR) is 73.3 cm³/mol. The van der Waals surface area contributed by atoms with Crippen molar-refractivity contribution in [2.45, 2.75) is 26.8 Å². The molecule has 0 aliphatic heterocycles. The molecule has 0 fully saturated rings. The van der Waals surface area contributed by atoms with E-state index in [-0.39, 0.29) is 11.9 Å². The van der Waals surface area contributed by atoms with E-state index >= 15 is 0 Å². The van der Waals surface area contributed by atoms with Crippen molar-refractivity contribution in [1.29, 1.82) is 0 Å². The van der Waals surface area contributed by atoms with Crippen LogP contribution in [0.2, 0.25) is 5.02 Å². The van der Waals surface area contributed by atoms with Gasteiger partial charge < -0.3 is 9.84 Å². The zero-order valence-electron chi connectivity index (χ0n) is 11.0.